The number of hydrogen-bond donors (Lipinski definition) is 1. The van der Waals surface area contributed by atoms with E-state index in [1.54, 1.807) is 31.4 Å². The number of nitrogens with zero attached hydrogens (tertiary/aromatic N) is 1. The molecule has 0 bridgehead atoms. The first-order valence-corrected chi connectivity index (χ1v) is 6.28. The standard InChI is InChI=1S/C16H17NO3/c1-17(11-13-5-3-4-6-15(13)20-2)14-9-7-12(8-10-14)16(18)19/h3-10H,11H2,1-2H3,(H,18,19). The number of aromatic carboxylic acids is 1. The van der Waals surface area contributed by atoms with Crippen molar-refractivity contribution in [3.63, 3.8) is 0 Å². The Morgan fingerprint density at radius 1 is 1.15 bits per heavy atom. The first kappa shape index (κ1) is 13.9. The smallest absolute Gasteiger partial charge is 0.335 e. The molecular weight excluding hydrogens is 254 g/mol. The van der Waals surface area contributed by atoms with Crippen molar-refractivity contribution in [2.75, 3.05) is 19.1 Å². The topological polar surface area (TPSA) is 49.8 Å². The molecule has 0 spiro atoms. The Morgan fingerprint density at radius 2 is 1.80 bits per heavy atom. The highest BCUT2D eigenvalue weighted by atomic mass is 16.5. The molecule has 2 aromatic carbocycles. The van der Waals surface area contributed by atoms with Crippen LogP contribution in [0, 0.1) is 0 Å². The number of hydrogen-bond acceptors (Lipinski definition) is 3. The molecule has 0 unspecified atom stereocenters. The largest absolute Gasteiger partial charge is 0.496 e. The lowest BCUT2D eigenvalue weighted by molar-refractivity contribution is 0.0697. The lowest BCUT2D eigenvalue weighted by Gasteiger charge is -2.20. The van der Waals surface area contributed by atoms with Crippen molar-refractivity contribution < 1.29 is 14.6 Å². The number of benzene rings is 2. The van der Waals surface area contributed by atoms with Gasteiger partial charge in [0.05, 0.1) is 12.7 Å². The molecule has 0 aliphatic heterocycles. The molecule has 1 N–H and O–H groups in total. The van der Waals surface area contributed by atoms with E-state index in [2.05, 4.69) is 0 Å². The number of rotatable bonds is 5. The van der Waals surface area contributed by atoms with Crippen molar-refractivity contribution in [3.8, 4) is 5.75 Å². The van der Waals surface area contributed by atoms with Gasteiger partial charge in [0, 0.05) is 24.8 Å². The van der Waals surface area contributed by atoms with E-state index < -0.39 is 5.97 Å². The number of carboxylic acid groups (broad SMARTS) is 1. The summed E-state index contributed by atoms with van der Waals surface area (Å²) in [7, 11) is 3.61. The zero-order valence-corrected chi connectivity index (χ0v) is 11.5. The monoisotopic (exact) mass is 271 g/mol. The second kappa shape index (κ2) is 6.10. The molecule has 0 aliphatic carbocycles. The van der Waals surface area contributed by atoms with Crippen molar-refractivity contribution >= 4 is 11.7 Å². The van der Waals surface area contributed by atoms with Crippen molar-refractivity contribution in [1.29, 1.82) is 0 Å². The minimum atomic E-state index is -0.913. The number of ether oxygens (including phenoxy) is 1. The normalized spacial score (nSPS) is 10.1. The van der Waals surface area contributed by atoms with E-state index in [9.17, 15) is 4.79 Å². The Kier molecular flexibility index (Phi) is 4.25. The molecule has 0 aliphatic rings. The summed E-state index contributed by atoms with van der Waals surface area (Å²) in [5, 5.41) is 8.89. The minimum absolute atomic E-state index is 0.291. The summed E-state index contributed by atoms with van der Waals surface area (Å²) in [4.78, 5) is 12.9. The second-order valence-corrected chi connectivity index (χ2v) is 4.52. The van der Waals surface area contributed by atoms with Gasteiger partial charge in [-0.05, 0) is 30.3 Å². The Hall–Kier alpha value is -2.49. The van der Waals surface area contributed by atoms with Crippen LogP contribution in [0.5, 0.6) is 5.75 Å². The first-order chi connectivity index (χ1) is 9.61. The van der Waals surface area contributed by atoms with Crippen molar-refractivity contribution in [3.05, 3.63) is 59.7 Å². The summed E-state index contributed by atoms with van der Waals surface area (Å²) in [5.41, 5.74) is 2.33. The number of anilines is 1. The number of methoxy groups -OCH3 is 1. The molecule has 0 saturated carbocycles. The van der Waals surface area contributed by atoms with Crippen LogP contribution in [-0.4, -0.2) is 25.2 Å². The van der Waals surface area contributed by atoms with E-state index in [4.69, 9.17) is 9.84 Å². The Bertz CT molecular complexity index is 593. The van der Waals surface area contributed by atoms with Crippen molar-refractivity contribution in [2.24, 2.45) is 0 Å². The van der Waals surface area contributed by atoms with Gasteiger partial charge in [-0.1, -0.05) is 18.2 Å². The number of para-hydroxylation sites is 1. The van der Waals surface area contributed by atoms with Gasteiger partial charge in [0.25, 0.3) is 0 Å². The third-order valence-electron chi connectivity index (χ3n) is 3.16. The third-order valence-corrected chi connectivity index (χ3v) is 3.16. The highest BCUT2D eigenvalue weighted by Gasteiger charge is 2.08. The van der Waals surface area contributed by atoms with Crippen molar-refractivity contribution in [2.45, 2.75) is 6.54 Å². The Morgan fingerprint density at radius 3 is 2.40 bits per heavy atom. The molecule has 4 nitrogen and oxygen atoms in total. The van der Waals surface area contributed by atoms with Crippen LogP contribution in [0.1, 0.15) is 15.9 Å². The van der Waals surface area contributed by atoms with Crippen LogP contribution in [-0.2, 0) is 6.54 Å². The molecule has 104 valence electrons. The fraction of sp³-hybridized carbons (Fsp3) is 0.188. The molecule has 0 radical (unpaired) electrons. The Balaban J connectivity index is 2.15. The minimum Gasteiger partial charge on any atom is -0.496 e. The van der Waals surface area contributed by atoms with E-state index in [0.717, 1.165) is 17.0 Å². The molecule has 0 atom stereocenters. The maximum absolute atomic E-state index is 10.8. The summed E-state index contributed by atoms with van der Waals surface area (Å²) >= 11 is 0. The summed E-state index contributed by atoms with van der Waals surface area (Å²) < 4.78 is 5.33. The van der Waals surface area contributed by atoms with E-state index in [1.165, 1.54) is 0 Å². The molecule has 2 aromatic rings. The van der Waals surface area contributed by atoms with E-state index in [-0.39, 0.29) is 0 Å². The summed E-state index contributed by atoms with van der Waals surface area (Å²) in [6.07, 6.45) is 0. The van der Waals surface area contributed by atoms with E-state index >= 15 is 0 Å². The quantitative estimate of drug-likeness (QED) is 0.908. The third kappa shape index (κ3) is 3.09. The van der Waals surface area contributed by atoms with Gasteiger partial charge in [-0.15, -0.1) is 0 Å². The predicted octanol–water partition coefficient (Wildman–Crippen LogP) is 3.03. The predicted molar refractivity (Wildman–Crippen MR) is 78.5 cm³/mol. The van der Waals surface area contributed by atoms with Crippen LogP contribution < -0.4 is 9.64 Å². The molecule has 0 amide bonds. The summed E-state index contributed by atoms with van der Waals surface area (Å²) in [6.45, 7) is 0.691. The molecule has 20 heavy (non-hydrogen) atoms. The van der Waals surface area contributed by atoms with Crippen LogP contribution in [0.4, 0.5) is 5.69 Å². The molecule has 0 saturated heterocycles. The highest BCUT2D eigenvalue weighted by Crippen LogP contribution is 2.22. The first-order valence-electron chi connectivity index (χ1n) is 6.28. The molecular formula is C16H17NO3. The average Bonchev–Trinajstić information content (AvgIpc) is 2.48. The van der Waals surface area contributed by atoms with E-state index in [0.29, 0.717) is 12.1 Å². The van der Waals surface area contributed by atoms with Crippen LogP contribution in [0.15, 0.2) is 48.5 Å². The van der Waals surface area contributed by atoms with Gasteiger partial charge in [0.1, 0.15) is 5.75 Å². The lowest BCUT2D eigenvalue weighted by Crippen LogP contribution is -2.17. The Labute approximate surface area is 118 Å². The molecule has 4 heteroatoms. The molecule has 0 heterocycles. The van der Waals surface area contributed by atoms with Crippen LogP contribution in [0.3, 0.4) is 0 Å². The van der Waals surface area contributed by atoms with Gasteiger partial charge in [0.15, 0.2) is 0 Å². The van der Waals surface area contributed by atoms with Crippen LogP contribution >= 0.6 is 0 Å². The SMILES string of the molecule is COc1ccccc1CN(C)c1ccc(C(=O)O)cc1. The maximum Gasteiger partial charge on any atom is 0.335 e. The summed E-state index contributed by atoms with van der Waals surface area (Å²) in [5.74, 6) is -0.0644. The molecule has 2 rings (SSSR count). The fourth-order valence-electron chi connectivity index (χ4n) is 2.04. The maximum atomic E-state index is 10.8. The highest BCUT2D eigenvalue weighted by molar-refractivity contribution is 5.88. The fourth-order valence-corrected chi connectivity index (χ4v) is 2.04. The summed E-state index contributed by atoms with van der Waals surface area (Å²) in [6, 6.07) is 14.7. The van der Waals surface area contributed by atoms with Gasteiger partial charge in [-0.25, -0.2) is 4.79 Å². The van der Waals surface area contributed by atoms with E-state index in [1.807, 2.05) is 36.2 Å². The van der Waals surface area contributed by atoms with Crippen LogP contribution in [0.25, 0.3) is 0 Å². The zero-order valence-electron chi connectivity index (χ0n) is 11.5. The number of carbonyl (C=O) groups is 1. The van der Waals surface area contributed by atoms with Crippen LogP contribution in [0.2, 0.25) is 0 Å². The molecule has 0 fully saturated rings. The average molecular weight is 271 g/mol. The van der Waals surface area contributed by atoms with Gasteiger partial charge in [0.2, 0.25) is 0 Å². The second-order valence-electron chi connectivity index (χ2n) is 4.52. The van der Waals surface area contributed by atoms with Gasteiger partial charge >= 0.3 is 5.97 Å². The van der Waals surface area contributed by atoms with Crippen molar-refractivity contribution in [1.82, 2.24) is 0 Å². The number of carboxylic acids is 1. The van der Waals surface area contributed by atoms with Gasteiger partial charge < -0.3 is 14.7 Å². The molecule has 0 aromatic heterocycles. The van der Waals surface area contributed by atoms with Gasteiger partial charge in [-0.2, -0.15) is 0 Å². The zero-order chi connectivity index (χ0) is 14.5. The lowest BCUT2D eigenvalue weighted by atomic mass is 10.1. The van der Waals surface area contributed by atoms with Gasteiger partial charge in [-0.3, -0.25) is 0 Å².